The van der Waals surface area contributed by atoms with Crippen molar-refractivity contribution < 1.29 is 21.6 Å². The van der Waals surface area contributed by atoms with Crippen molar-refractivity contribution in [1.29, 1.82) is 0 Å². The van der Waals surface area contributed by atoms with Gasteiger partial charge in [-0.2, -0.15) is 13.2 Å². The minimum Gasteiger partial charge on any atom is -0.207 e. The fourth-order valence-electron chi connectivity index (χ4n) is 1.89. The van der Waals surface area contributed by atoms with E-state index >= 15 is 0 Å². The van der Waals surface area contributed by atoms with Gasteiger partial charge in [0.15, 0.2) is 0 Å². The fourth-order valence-corrected chi connectivity index (χ4v) is 3.67. The molecule has 9 heteroatoms. The average molecular weight is 384 g/mol. The zero-order chi connectivity index (χ0) is 17.3. The predicted octanol–water partition coefficient (Wildman–Crippen LogP) is 4.49. The van der Waals surface area contributed by atoms with Gasteiger partial charge in [0.05, 0.1) is 10.6 Å². The van der Waals surface area contributed by atoms with Crippen LogP contribution in [0.25, 0.3) is 0 Å². The van der Waals surface area contributed by atoms with Crippen LogP contribution in [0.2, 0.25) is 10.0 Å². The lowest BCUT2D eigenvalue weighted by molar-refractivity contribution is -0.138. The lowest BCUT2D eigenvalue weighted by Crippen LogP contribution is -2.25. The minimum atomic E-state index is -4.57. The molecule has 0 bridgehead atoms. The maximum absolute atomic E-state index is 12.9. The zero-order valence-electron chi connectivity index (χ0n) is 11.4. The van der Waals surface area contributed by atoms with Crippen LogP contribution in [0, 0.1) is 0 Å². The zero-order valence-corrected chi connectivity index (χ0v) is 13.7. The van der Waals surface area contributed by atoms with Gasteiger partial charge in [-0.15, -0.1) is 0 Å². The number of hydrogen-bond donors (Lipinski definition) is 1. The second-order valence-corrected chi connectivity index (χ2v) is 7.13. The lowest BCUT2D eigenvalue weighted by atomic mass is 10.1. The molecule has 2 rings (SSSR count). The van der Waals surface area contributed by atoms with Crippen molar-refractivity contribution in [3.63, 3.8) is 0 Å². The van der Waals surface area contributed by atoms with Crippen molar-refractivity contribution in [2.24, 2.45) is 0 Å². The number of hydrogen-bond acceptors (Lipinski definition) is 2. The van der Waals surface area contributed by atoms with Crippen LogP contribution in [0.1, 0.15) is 11.1 Å². The van der Waals surface area contributed by atoms with Crippen molar-refractivity contribution in [3.8, 4) is 0 Å². The first kappa shape index (κ1) is 18.1. The number of rotatable bonds is 4. The fraction of sp³-hybridized carbons (Fsp3) is 0.143. The third-order valence-electron chi connectivity index (χ3n) is 2.96. The maximum atomic E-state index is 12.9. The molecule has 0 amide bonds. The summed E-state index contributed by atoms with van der Waals surface area (Å²) in [4.78, 5) is -0.256. The topological polar surface area (TPSA) is 46.2 Å². The lowest BCUT2D eigenvalue weighted by Gasteiger charge is -2.14. The van der Waals surface area contributed by atoms with Crippen molar-refractivity contribution in [2.45, 2.75) is 17.6 Å². The van der Waals surface area contributed by atoms with Crippen molar-refractivity contribution in [1.82, 2.24) is 4.72 Å². The normalized spacial score (nSPS) is 12.4. The van der Waals surface area contributed by atoms with Crippen LogP contribution in [-0.4, -0.2) is 8.42 Å². The highest BCUT2D eigenvalue weighted by atomic mass is 35.5. The van der Waals surface area contributed by atoms with Gasteiger partial charge < -0.3 is 0 Å². The quantitative estimate of drug-likeness (QED) is 0.845. The van der Waals surface area contributed by atoms with Gasteiger partial charge in [-0.25, -0.2) is 13.1 Å². The number of halogens is 5. The Morgan fingerprint density at radius 1 is 1.04 bits per heavy atom. The Kier molecular flexibility index (Phi) is 5.25. The summed E-state index contributed by atoms with van der Waals surface area (Å²) >= 11 is 11.5. The van der Waals surface area contributed by atoms with Crippen molar-refractivity contribution in [3.05, 3.63) is 63.6 Å². The number of benzene rings is 2. The largest absolute Gasteiger partial charge is 0.416 e. The summed E-state index contributed by atoms with van der Waals surface area (Å²) in [6.45, 7) is -0.517. The van der Waals surface area contributed by atoms with Gasteiger partial charge in [0.25, 0.3) is 0 Å². The van der Waals surface area contributed by atoms with Crippen molar-refractivity contribution in [2.75, 3.05) is 0 Å². The summed E-state index contributed by atoms with van der Waals surface area (Å²) in [5.41, 5.74) is -1.08. The van der Waals surface area contributed by atoms with E-state index in [2.05, 4.69) is 4.72 Å². The van der Waals surface area contributed by atoms with Crippen LogP contribution in [0.15, 0.2) is 47.4 Å². The van der Waals surface area contributed by atoms with E-state index in [0.717, 1.165) is 6.07 Å². The molecule has 0 fully saturated rings. The smallest absolute Gasteiger partial charge is 0.207 e. The summed E-state index contributed by atoms with van der Waals surface area (Å²) in [5.74, 6) is 0. The molecule has 0 heterocycles. The van der Waals surface area contributed by atoms with E-state index < -0.39 is 28.3 Å². The van der Waals surface area contributed by atoms with Gasteiger partial charge in [-0.3, -0.25) is 0 Å². The van der Waals surface area contributed by atoms with Crippen LogP contribution in [0.3, 0.4) is 0 Å². The average Bonchev–Trinajstić information content (AvgIpc) is 2.44. The molecule has 2 aromatic carbocycles. The molecular formula is C14H10Cl2F3NO2S. The molecule has 23 heavy (non-hydrogen) atoms. The Hall–Kier alpha value is -1.28. The van der Waals surface area contributed by atoms with Crippen LogP contribution in [0.4, 0.5) is 13.2 Å². The van der Waals surface area contributed by atoms with E-state index in [4.69, 9.17) is 23.2 Å². The van der Waals surface area contributed by atoms with E-state index in [1.807, 2.05) is 0 Å². The van der Waals surface area contributed by atoms with Gasteiger partial charge in [-0.1, -0.05) is 41.4 Å². The first-order valence-corrected chi connectivity index (χ1v) is 8.45. The molecule has 2 aromatic rings. The second kappa shape index (κ2) is 6.68. The van der Waals surface area contributed by atoms with E-state index in [1.165, 1.54) is 36.4 Å². The maximum Gasteiger partial charge on any atom is 0.416 e. The number of nitrogens with one attached hydrogen (secondary N) is 1. The second-order valence-electron chi connectivity index (χ2n) is 4.55. The molecule has 0 spiro atoms. The highest BCUT2D eigenvalue weighted by Crippen LogP contribution is 2.32. The van der Waals surface area contributed by atoms with Crippen molar-refractivity contribution >= 4 is 33.2 Å². The van der Waals surface area contributed by atoms with Crippen LogP contribution in [0.5, 0.6) is 0 Å². The molecular weight excluding hydrogens is 374 g/mol. The first-order valence-electron chi connectivity index (χ1n) is 6.21. The Balaban J connectivity index is 2.27. The van der Waals surface area contributed by atoms with E-state index in [-0.39, 0.29) is 20.5 Å². The Morgan fingerprint density at radius 3 is 2.30 bits per heavy atom. The monoisotopic (exact) mass is 383 g/mol. The summed E-state index contributed by atoms with van der Waals surface area (Å²) < 4.78 is 65.1. The Labute approximate surface area is 141 Å². The third-order valence-corrected chi connectivity index (χ3v) is 5.08. The van der Waals surface area contributed by atoms with E-state index in [1.54, 1.807) is 0 Å². The molecule has 0 atom stereocenters. The molecule has 0 unspecified atom stereocenters. The van der Waals surface area contributed by atoms with Gasteiger partial charge in [0.2, 0.25) is 10.0 Å². The molecule has 0 saturated carbocycles. The summed E-state index contributed by atoms with van der Waals surface area (Å²) in [5, 5.41) is 0.130. The molecule has 0 aliphatic rings. The van der Waals surface area contributed by atoms with E-state index in [0.29, 0.717) is 0 Å². The van der Waals surface area contributed by atoms with Gasteiger partial charge >= 0.3 is 6.18 Å². The van der Waals surface area contributed by atoms with Crippen LogP contribution < -0.4 is 4.72 Å². The Morgan fingerprint density at radius 2 is 1.70 bits per heavy atom. The number of sulfonamides is 1. The standard InChI is InChI=1S/C14H10Cl2F3NO2S/c15-10-5-6-13(12(16)7-10)23(21,22)20-8-9-3-1-2-4-11(9)14(17,18)19/h1-7,20H,8H2. The molecule has 0 aliphatic heterocycles. The van der Waals surface area contributed by atoms with Crippen LogP contribution in [-0.2, 0) is 22.7 Å². The summed E-state index contributed by atoms with van der Waals surface area (Å²) in [7, 11) is -4.08. The van der Waals surface area contributed by atoms with Gasteiger partial charge in [-0.05, 0) is 29.8 Å². The molecule has 124 valence electrons. The molecule has 0 saturated heterocycles. The van der Waals surface area contributed by atoms with E-state index in [9.17, 15) is 21.6 Å². The molecule has 0 aromatic heterocycles. The molecule has 0 radical (unpaired) electrons. The minimum absolute atomic E-state index is 0.117. The SMILES string of the molecule is O=S(=O)(NCc1ccccc1C(F)(F)F)c1ccc(Cl)cc1Cl. The van der Waals surface area contributed by atoms with Crippen LogP contribution >= 0.6 is 23.2 Å². The first-order chi connectivity index (χ1) is 10.6. The predicted molar refractivity (Wildman–Crippen MR) is 81.9 cm³/mol. The molecule has 0 aliphatic carbocycles. The highest BCUT2D eigenvalue weighted by Gasteiger charge is 2.33. The molecule has 3 nitrogen and oxygen atoms in total. The van der Waals surface area contributed by atoms with Gasteiger partial charge in [0.1, 0.15) is 4.90 Å². The number of alkyl halides is 3. The third kappa shape index (κ3) is 4.38. The summed E-state index contributed by atoms with van der Waals surface area (Å²) in [6.07, 6.45) is -4.57. The Bertz CT molecular complexity index is 823. The molecule has 1 N–H and O–H groups in total. The van der Waals surface area contributed by atoms with Gasteiger partial charge in [0, 0.05) is 11.6 Å². The summed E-state index contributed by atoms with van der Waals surface area (Å²) in [6, 6.07) is 8.47. The highest BCUT2D eigenvalue weighted by molar-refractivity contribution is 7.89.